The number of carbonyl (C=O) groups is 2. The first kappa shape index (κ1) is 23.3. The number of likely N-dealkylation sites (tertiary alicyclic amines) is 1. The van der Waals surface area contributed by atoms with Crippen LogP contribution in [-0.4, -0.2) is 29.8 Å². The molecule has 32 heavy (non-hydrogen) atoms. The quantitative estimate of drug-likeness (QED) is 0.541. The predicted octanol–water partition coefficient (Wildman–Crippen LogP) is 6.68. The van der Waals surface area contributed by atoms with Gasteiger partial charge >= 0.3 is 0 Å². The van der Waals surface area contributed by atoms with Crippen molar-refractivity contribution in [3.05, 3.63) is 50.9 Å². The summed E-state index contributed by atoms with van der Waals surface area (Å²) in [6, 6.07) is 6.86. The Kier molecular flexibility index (Phi) is 6.69. The molecular weight excluding hydrogens is 440 g/mol. The van der Waals surface area contributed by atoms with Crippen LogP contribution in [0.25, 0.3) is 0 Å². The number of hydrogen-bond acceptors (Lipinski definition) is 3. The second-order valence-electron chi connectivity index (χ2n) is 10.4. The fourth-order valence-electron chi connectivity index (χ4n) is 4.79. The number of halogens is 1. The van der Waals surface area contributed by atoms with Gasteiger partial charge in [0.05, 0.1) is 5.56 Å². The third kappa shape index (κ3) is 4.89. The van der Waals surface area contributed by atoms with Crippen LogP contribution in [0.1, 0.15) is 78.1 Å². The summed E-state index contributed by atoms with van der Waals surface area (Å²) < 4.78 is 0. The minimum Gasteiger partial charge on any atom is -0.339 e. The van der Waals surface area contributed by atoms with Crippen molar-refractivity contribution in [1.82, 2.24) is 4.90 Å². The van der Waals surface area contributed by atoms with Gasteiger partial charge in [-0.1, -0.05) is 39.3 Å². The maximum absolute atomic E-state index is 13.7. The molecule has 1 N–H and O–H groups in total. The van der Waals surface area contributed by atoms with Crippen molar-refractivity contribution < 1.29 is 9.59 Å². The number of hydrogen-bond donors (Lipinski definition) is 1. The first-order chi connectivity index (χ1) is 15.1. The Hall–Kier alpha value is -1.85. The van der Waals surface area contributed by atoms with E-state index in [4.69, 9.17) is 11.6 Å². The molecule has 1 fully saturated rings. The average molecular weight is 473 g/mol. The van der Waals surface area contributed by atoms with Crippen molar-refractivity contribution in [1.29, 1.82) is 0 Å². The molecule has 0 bridgehead atoms. The van der Waals surface area contributed by atoms with Gasteiger partial charge in [0.1, 0.15) is 5.00 Å². The number of nitrogens with one attached hydrogen (secondary N) is 1. The molecule has 4 nitrogen and oxygen atoms in total. The molecule has 1 saturated heterocycles. The molecule has 2 amide bonds. The summed E-state index contributed by atoms with van der Waals surface area (Å²) in [5.74, 6) is 1.11. The van der Waals surface area contributed by atoms with Crippen molar-refractivity contribution in [2.75, 3.05) is 18.4 Å². The number of benzene rings is 1. The minimum absolute atomic E-state index is 0.0787. The van der Waals surface area contributed by atoms with Gasteiger partial charge in [-0.05, 0) is 79.2 Å². The van der Waals surface area contributed by atoms with Crippen LogP contribution in [0.3, 0.4) is 0 Å². The number of rotatable bonds is 3. The first-order valence-corrected chi connectivity index (χ1v) is 12.8. The largest absolute Gasteiger partial charge is 0.339 e. The van der Waals surface area contributed by atoms with E-state index in [1.807, 2.05) is 4.90 Å². The molecule has 0 radical (unpaired) electrons. The Morgan fingerprint density at radius 3 is 2.38 bits per heavy atom. The zero-order chi connectivity index (χ0) is 23.0. The van der Waals surface area contributed by atoms with Gasteiger partial charge in [-0.2, -0.15) is 0 Å². The molecule has 1 aliphatic heterocycles. The Labute approximate surface area is 200 Å². The van der Waals surface area contributed by atoms with Gasteiger partial charge in [0.15, 0.2) is 0 Å². The van der Waals surface area contributed by atoms with Gasteiger partial charge in [-0.25, -0.2) is 0 Å². The summed E-state index contributed by atoms with van der Waals surface area (Å²) in [5, 5.41) is 4.37. The van der Waals surface area contributed by atoms with Crippen LogP contribution in [-0.2, 0) is 12.8 Å². The van der Waals surface area contributed by atoms with Gasteiger partial charge in [-0.3, -0.25) is 9.59 Å². The number of thiophene rings is 1. The molecular formula is C26H33ClN2O2S. The van der Waals surface area contributed by atoms with E-state index in [0.29, 0.717) is 27.4 Å². The Morgan fingerprint density at radius 1 is 1.09 bits per heavy atom. The molecule has 2 aromatic rings. The highest BCUT2D eigenvalue weighted by Gasteiger charge is 2.35. The molecule has 4 rings (SSSR count). The minimum atomic E-state index is -0.200. The maximum Gasteiger partial charge on any atom is 0.257 e. The molecule has 1 aliphatic carbocycles. The number of anilines is 1. The van der Waals surface area contributed by atoms with Crippen LogP contribution in [0, 0.1) is 17.3 Å². The summed E-state index contributed by atoms with van der Waals surface area (Å²) in [6.45, 7) is 10.7. The lowest BCUT2D eigenvalue weighted by Gasteiger charge is -2.34. The SMILES string of the molecule is CC1CCN(C(=O)c2c(NC(=O)c3ccc(Cl)cc3)sc3c2CCC(C(C)(C)C)C3)CC1. The molecule has 2 aliphatic rings. The third-order valence-corrected chi connectivity index (χ3v) is 8.53. The number of amides is 2. The number of piperidine rings is 1. The van der Waals surface area contributed by atoms with E-state index in [1.165, 1.54) is 4.88 Å². The second kappa shape index (κ2) is 9.18. The Morgan fingerprint density at radius 2 is 1.75 bits per heavy atom. The maximum atomic E-state index is 13.7. The summed E-state index contributed by atoms with van der Waals surface area (Å²) in [6.07, 6.45) is 5.02. The molecule has 1 atom stereocenters. The summed E-state index contributed by atoms with van der Waals surface area (Å²) in [7, 11) is 0. The normalized spacial score (nSPS) is 19.5. The van der Waals surface area contributed by atoms with Gasteiger partial charge in [0.25, 0.3) is 11.8 Å². The molecule has 0 spiro atoms. The topological polar surface area (TPSA) is 49.4 Å². The van der Waals surface area contributed by atoms with Gasteiger partial charge in [-0.15, -0.1) is 11.3 Å². The van der Waals surface area contributed by atoms with Crippen molar-refractivity contribution in [3.8, 4) is 0 Å². The van der Waals surface area contributed by atoms with Gasteiger partial charge in [0, 0.05) is 28.6 Å². The van der Waals surface area contributed by atoms with Crippen LogP contribution in [0.15, 0.2) is 24.3 Å². The lowest BCUT2D eigenvalue weighted by Crippen LogP contribution is -2.38. The smallest absolute Gasteiger partial charge is 0.257 e. The summed E-state index contributed by atoms with van der Waals surface area (Å²) in [5.41, 5.74) is 2.65. The average Bonchev–Trinajstić information content (AvgIpc) is 3.10. The lowest BCUT2D eigenvalue weighted by molar-refractivity contribution is 0.0697. The van der Waals surface area contributed by atoms with Crippen LogP contribution >= 0.6 is 22.9 Å². The predicted molar refractivity (Wildman–Crippen MR) is 133 cm³/mol. The zero-order valence-corrected chi connectivity index (χ0v) is 21.0. The van der Waals surface area contributed by atoms with Gasteiger partial charge < -0.3 is 10.2 Å². The Balaban J connectivity index is 1.66. The highest BCUT2D eigenvalue weighted by Crippen LogP contribution is 2.45. The van der Waals surface area contributed by atoms with Crippen molar-refractivity contribution >= 4 is 39.8 Å². The van der Waals surface area contributed by atoms with Crippen LogP contribution < -0.4 is 5.32 Å². The third-order valence-electron chi connectivity index (χ3n) is 7.11. The molecule has 6 heteroatoms. The molecule has 0 saturated carbocycles. The molecule has 1 unspecified atom stereocenters. The fraction of sp³-hybridized carbons (Fsp3) is 0.538. The van der Waals surface area contributed by atoms with Crippen molar-refractivity contribution in [2.24, 2.45) is 17.3 Å². The molecule has 1 aromatic heterocycles. The van der Waals surface area contributed by atoms with E-state index in [0.717, 1.165) is 56.3 Å². The van der Waals surface area contributed by atoms with Crippen LogP contribution in [0.5, 0.6) is 0 Å². The van der Waals surface area contributed by atoms with E-state index in [-0.39, 0.29) is 17.2 Å². The van der Waals surface area contributed by atoms with E-state index < -0.39 is 0 Å². The molecule has 1 aromatic carbocycles. The van der Waals surface area contributed by atoms with Crippen molar-refractivity contribution in [2.45, 2.75) is 59.8 Å². The van der Waals surface area contributed by atoms with Crippen molar-refractivity contribution in [3.63, 3.8) is 0 Å². The summed E-state index contributed by atoms with van der Waals surface area (Å²) >= 11 is 7.57. The van der Waals surface area contributed by atoms with E-state index in [1.54, 1.807) is 35.6 Å². The van der Waals surface area contributed by atoms with Crippen LogP contribution in [0.2, 0.25) is 5.02 Å². The standard InChI is InChI=1S/C26H33ClN2O2S/c1-16-11-13-29(14-12-16)25(31)22-20-10-7-18(26(2,3)4)15-21(20)32-24(22)28-23(30)17-5-8-19(27)9-6-17/h5-6,8-9,16,18H,7,10-15H2,1-4H3,(H,28,30). The van der Waals surface area contributed by atoms with E-state index in [2.05, 4.69) is 33.0 Å². The fourth-order valence-corrected chi connectivity index (χ4v) is 6.23. The van der Waals surface area contributed by atoms with Gasteiger partial charge in [0.2, 0.25) is 0 Å². The monoisotopic (exact) mass is 472 g/mol. The number of fused-ring (bicyclic) bond motifs is 1. The zero-order valence-electron chi connectivity index (χ0n) is 19.5. The first-order valence-electron chi connectivity index (χ1n) is 11.6. The highest BCUT2D eigenvalue weighted by atomic mass is 35.5. The van der Waals surface area contributed by atoms with Crippen LogP contribution in [0.4, 0.5) is 5.00 Å². The van der Waals surface area contributed by atoms with E-state index >= 15 is 0 Å². The molecule has 172 valence electrons. The number of nitrogens with zero attached hydrogens (tertiary/aromatic N) is 1. The lowest BCUT2D eigenvalue weighted by atomic mass is 9.72. The van der Waals surface area contributed by atoms with E-state index in [9.17, 15) is 9.59 Å². The summed E-state index contributed by atoms with van der Waals surface area (Å²) in [4.78, 5) is 29.9. The second-order valence-corrected chi connectivity index (χ2v) is 12.0. The molecule has 2 heterocycles. The highest BCUT2D eigenvalue weighted by molar-refractivity contribution is 7.17. The Bertz CT molecular complexity index is 998. The number of carbonyl (C=O) groups excluding carboxylic acids is 2.